The summed E-state index contributed by atoms with van der Waals surface area (Å²) in [5.41, 5.74) is 7.04. The smallest absolute Gasteiger partial charge is 0.270 e. The Morgan fingerprint density at radius 2 is 2.06 bits per heavy atom. The summed E-state index contributed by atoms with van der Waals surface area (Å²) in [4.78, 5) is 10.2. The van der Waals surface area contributed by atoms with Gasteiger partial charge in [-0.15, -0.1) is 0 Å². The second-order valence-electron chi connectivity index (χ2n) is 5.12. The molecule has 1 aromatic carbocycles. The van der Waals surface area contributed by atoms with Gasteiger partial charge in [-0.1, -0.05) is 30.5 Å². The molecule has 1 saturated carbocycles. The van der Waals surface area contributed by atoms with Gasteiger partial charge in [-0.2, -0.15) is 0 Å². The zero-order chi connectivity index (χ0) is 13.2. The quantitative estimate of drug-likeness (QED) is 0.673. The Balaban J connectivity index is 2.21. The van der Waals surface area contributed by atoms with Gasteiger partial charge in [-0.25, -0.2) is 0 Å². The number of non-ortho nitro benzene ring substituents is 1. The van der Waals surface area contributed by atoms with E-state index >= 15 is 0 Å². The van der Waals surface area contributed by atoms with E-state index in [9.17, 15) is 10.1 Å². The van der Waals surface area contributed by atoms with Crippen LogP contribution in [0.2, 0.25) is 5.02 Å². The monoisotopic (exact) mass is 268 g/mol. The van der Waals surface area contributed by atoms with Crippen LogP contribution in [0.25, 0.3) is 0 Å². The number of nitrogens with two attached hydrogens (primary N) is 1. The van der Waals surface area contributed by atoms with E-state index in [4.69, 9.17) is 17.3 Å². The maximum absolute atomic E-state index is 10.7. The maximum Gasteiger partial charge on any atom is 0.270 e. The van der Waals surface area contributed by atoms with E-state index in [1.165, 1.54) is 25.0 Å². The van der Waals surface area contributed by atoms with Crippen LogP contribution in [-0.4, -0.2) is 11.5 Å². The highest BCUT2D eigenvalue weighted by Gasteiger charge is 2.33. The predicted octanol–water partition coefficient (Wildman–Crippen LogP) is 3.31. The van der Waals surface area contributed by atoms with Gasteiger partial charge in [-0.05, 0) is 36.8 Å². The minimum atomic E-state index is -0.427. The second-order valence-corrected chi connectivity index (χ2v) is 5.53. The Bertz CT molecular complexity index is 456. The summed E-state index contributed by atoms with van der Waals surface area (Å²) in [7, 11) is 0. The molecule has 98 valence electrons. The van der Waals surface area contributed by atoms with Crippen LogP contribution in [0.15, 0.2) is 18.2 Å². The normalized spacial score (nSPS) is 17.9. The SMILES string of the molecule is NCC1(Cc2ccc([N+](=O)[O-])cc2Cl)CCCC1. The fourth-order valence-corrected chi connectivity index (χ4v) is 3.02. The Morgan fingerprint density at radius 1 is 1.39 bits per heavy atom. The van der Waals surface area contributed by atoms with E-state index in [1.54, 1.807) is 6.07 Å². The molecule has 4 nitrogen and oxygen atoms in total. The first-order valence-electron chi connectivity index (χ1n) is 6.19. The first kappa shape index (κ1) is 13.3. The number of halogens is 1. The van der Waals surface area contributed by atoms with Gasteiger partial charge < -0.3 is 5.73 Å². The molecule has 1 fully saturated rings. The lowest BCUT2D eigenvalue weighted by atomic mass is 9.80. The summed E-state index contributed by atoms with van der Waals surface area (Å²) in [5.74, 6) is 0. The standard InChI is InChI=1S/C13H17ClN2O2/c14-12-7-11(16(17)18)4-3-10(12)8-13(9-15)5-1-2-6-13/h3-4,7H,1-2,5-6,8-9,15H2. The number of hydrogen-bond acceptors (Lipinski definition) is 3. The minimum Gasteiger partial charge on any atom is -0.330 e. The molecule has 0 aromatic heterocycles. The van der Waals surface area contributed by atoms with E-state index in [0.717, 1.165) is 24.8 Å². The number of nitro groups is 1. The topological polar surface area (TPSA) is 69.2 Å². The van der Waals surface area contributed by atoms with Crippen LogP contribution in [0.5, 0.6) is 0 Å². The van der Waals surface area contributed by atoms with Crippen LogP contribution in [-0.2, 0) is 6.42 Å². The summed E-state index contributed by atoms with van der Waals surface area (Å²) in [6.45, 7) is 0.653. The second kappa shape index (κ2) is 5.24. The molecule has 0 unspecified atom stereocenters. The van der Waals surface area contributed by atoms with E-state index in [1.807, 2.05) is 0 Å². The molecular formula is C13H17ClN2O2. The molecule has 2 rings (SSSR count). The van der Waals surface area contributed by atoms with Crippen molar-refractivity contribution in [3.05, 3.63) is 38.9 Å². The molecule has 0 spiro atoms. The fourth-order valence-electron chi connectivity index (χ4n) is 2.78. The maximum atomic E-state index is 10.7. The largest absolute Gasteiger partial charge is 0.330 e. The predicted molar refractivity (Wildman–Crippen MR) is 71.8 cm³/mol. The molecule has 0 saturated heterocycles. The first-order chi connectivity index (χ1) is 8.56. The van der Waals surface area contributed by atoms with Crippen molar-refractivity contribution in [3.8, 4) is 0 Å². The van der Waals surface area contributed by atoms with Gasteiger partial charge in [0.05, 0.1) is 9.95 Å². The van der Waals surface area contributed by atoms with Gasteiger partial charge in [0.25, 0.3) is 5.69 Å². The molecule has 1 aliphatic rings. The molecule has 0 atom stereocenters. The molecule has 18 heavy (non-hydrogen) atoms. The third-order valence-corrected chi connectivity index (χ3v) is 4.26. The van der Waals surface area contributed by atoms with Gasteiger partial charge >= 0.3 is 0 Å². The van der Waals surface area contributed by atoms with Crippen LogP contribution in [0.3, 0.4) is 0 Å². The Labute approximate surface area is 111 Å². The Hall–Kier alpha value is -1.13. The lowest BCUT2D eigenvalue weighted by Gasteiger charge is -2.27. The molecule has 1 aromatic rings. The third-order valence-electron chi connectivity index (χ3n) is 3.91. The Morgan fingerprint density at radius 3 is 2.56 bits per heavy atom. The molecule has 5 heteroatoms. The molecular weight excluding hydrogens is 252 g/mol. The number of rotatable bonds is 4. The Kier molecular flexibility index (Phi) is 3.88. The highest BCUT2D eigenvalue weighted by molar-refractivity contribution is 6.31. The summed E-state index contributed by atoms with van der Waals surface area (Å²) in [6.07, 6.45) is 5.48. The van der Waals surface area contributed by atoms with Gasteiger partial charge in [0.2, 0.25) is 0 Å². The van der Waals surface area contributed by atoms with E-state index in [0.29, 0.717) is 11.6 Å². The van der Waals surface area contributed by atoms with Crippen molar-refractivity contribution in [2.45, 2.75) is 32.1 Å². The molecule has 0 bridgehead atoms. The lowest BCUT2D eigenvalue weighted by Crippen LogP contribution is -2.29. The zero-order valence-electron chi connectivity index (χ0n) is 10.2. The van der Waals surface area contributed by atoms with Crippen molar-refractivity contribution >= 4 is 17.3 Å². The van der Waals surface area contributed by atoms with Crippen molar-refractivity contribution in [1.29, 1.82) is 0 Å². The molecule has 0 heterocycles. The van der Waals surface area contributed by atoms with Gasteiger partial charge in [0, 0.05) is 12.1 Å². The van der Waals surface area contributed by atoms with Crippen molar-refractivity contribution in [2.75, 3.05) is 6.54 Å². The van der Waals surface area contributed by atoms with E-state index in [2.05, 4.69) is 0 Å². The highest BCUT2D eigenvalue weighted by atomic mass is 35.5. The number of nitrogens with zero attached hydrogens (tertiary/aromatic N) is 1. The molecule has 0 amide bonds. The number of benzene rings is 1. The molecule has 0 aliphatic heterocycles. The first-order valence-corrected chi connectivity index (χ1v) is 6.57. The average molecular weight is 269 g/mol. The average Bonchev–Trinajstić information content (AvgIpc) is 2.81. The fraction of sp³-hybridized carbons (Fsp3) is 0.538. The zero-order valence-corrected chi connectivity index (χ0v) is 10.9. The van der Waals surface area contributed by atoms with Crippen molar-refractivity contribution in [2.24, 2.45) is 11.1 Å². The van der Waals surface area contributed by atoms with Crippen LogP contribution in [0, 0.1) is 15.5 Å². The van der Waals surface area contributed by atoms with E-state index in [-0.39, 0.29) is 11.1 Å². The van der Waals surface area contributed by atoms with Gasteiger partial charge in [0.1, 0.15) is 0 Å². The van der Waals surface area contributed by atoms with Gasteiger partial charge in [0.15, 0.2) is 0 Å². The van der Waals surface area contributed by atoms with Crippen LogP contribution in [0.4, 0.5) is 5.69 Å². The summed E-state index contributed by atoms with van der Waals surface area (Å²) >= 11 is 6.13. The van der Waals surface area contributed by atoms with Crippen molar-refractivity contribution in [1.82, 2.24) is 0 Å². The summed E-state index contributed by atoms with van der Waals surface area (Å²) < 4.78 is 0. The summed E-state index contributed by atoms with van der Waals surface area (Å²) in [6, 6.07) is 4.70. The number of hydrogen-bond donors (Lipinski definition) is 1. The molecule has 0 radical (unpaired) electrons. The lowest BCUT2D eigenvalue weighted by molar-refractivity contribution is -0.384. The third kappa shape index (κ3) is 2.65. The highest BCUT2D eigenvalue weighted by Crippen LogP contribution is 2.41. The molecule has 2 N–H and O–H groups in total. The van der Waals surface area contributed by atoms with E-state index < -0.39 is 4.92 Å². The van der Waals surface area contributed by atoms with Crippen LogP contribution < -0.4 is 5.73 Å². The number of nitro benzene ring substituents is 1. The van der Waals surface area contributed by atoms with Crippen molar-refractivity contribution in [3.63, 3.8) is 0 Å². The summed E-state index contributed by atoms with van der Waals surface area (Å²) in [5, 5.41) is 11.1. The van der Waals surface area contributed by atoms with Crippen LogP contribution in [0.1, 0.15) is 31.2 Å². The molecule has 1 aliphatic carbocycles. The minimum absolute atomic E-state index is 0.0389. The van der Waals surface area contributed by atoms with Crippen LogP contribution >= 0.6 is 11.6 Å². The van der Waals surface area contributed by atoms with Gasteiger partial charge in [-0.3, -0.25) is 10.1 Å². The van der Waals surface area contributed by atoms with Crippen molar-refractivity contribution < 1.29 is 4.92 Å².